The minimum atomic E-state index is -0.148. The van der Waals surface area contributed by atoms with E-state index in [2.05, 4.69) is 21.3 Å². The Morgan fingerprint density at radius 3 is 2.50 bits per heavy atom. The van der Waals surface area contributed by atoms with Crippen LogP contribution in [-0.4, -0.2) is 64.9 Å². The number of amides is 2. The van der Waals surface area contributed by atoms with Gasteiger partial charge >= 0.3 is 0 Å². The van der Waals surface area contributed by atoms with Gasteiger partial charge < -0.3 is 10.2 Å². The number of nitrogens with one attached hydrogen (secondary N) is 1. The first-order valence-electron chi connectivity index (χ1n) is 10.1. The fourth-order valence-corrected chi connectivity index (χ4v) is 3.81. The summed E-state index contributed by atoms with van der Waals surface area (Å²) < 4.78 is 0. The van der Waals surface area contributed by atoms with Crippen molar-refractivity contribution in [1.29, 1.82) is 0 Å². The summed E-state index contributed by atoms with van der Waals surface area (Å²) in [4.78, 5) is 34.1. The van der Waals surface area contributed by atoms with Gasteiger partial charge in [0.15, 0.2) is 0 Å². The molecule has 1 unspecified atom stereocenters. The highest BCUT2D eigenvalue weighted by Gasteiger charge is 2.31. The second-order valence-corrected chi connectivity index (χ2v) is 8.10. The van der Waals surface area contributed by atoms with E-state index < -0.39 is 0 Å². The molecule has 1 saturated heterocycles. The van der Waals surface area contributed by atoms with Gasteiger partial charge in [0.1, 0.15) is 0 Å². The molecule has 1 aliphatic heterocycles. The number of pyridine rings is 1. The van der Waals surface area contributed by atoms with Crippen LogP contribution in [0.1, 0.15) is 41.4 Å². The van der Waals surface area contributed by atoms with Crippen molar-refractivity contribution in [3.63, 3.8) is 0 Å². The maximum Gasteiger partial charge on any atom is 0.255 e. The predicted molar refractivity (Wildman–Crippen MR) is 109 cm³/mol. The molecule has 1 saturated carbocycles. The van der Waals surface area contributed by atoms with Crippen LogP contribution in [0.2, 0.25) is 0 Å². The van der Waals surface area contributed by atoms with Crippen molar-refractivity contribution >= 4 is 22.7 Å². The average Bonchev–Trinajstić information content (AvgIpc) is 3.50. The van der Waals surface area contributed by atoms with Crippen LogP contribution in [0.15, 0.2) is 24.3 Å². The largest absolute Gasteiger partial charge is 0.352 e. The first kappa shape index (κ1) is 18.9. The van der Waals surface area contributed by atoms with Gasteiger partial charge in [0.05, 0.1) is 22.8 Å². The highest BCUT2D eigenvalue weighted by atomic mass is 16.2. The zero-order chi connectivity index (χ0) is 19.8. The molecule has 0 bridgehead atoms. The first-order chi connectivity index (χ1) is 13.4. The topological polar surface area (TPSA) is 65.5 Å². The molecule has 1 aromatic carbocycles. The monoisotopic (exact) mass is 380 g/mol. The van der Waals surface area contributed by atoms with Gasteiger partial charge in [-0.25, -0.2) is 0 Å². The number of nitrogens with zero attached hydrogens (tertiary/aromatic N) is 3. The van der Waals surface area contributed by atoms with Gasteiger partial charge in [-0.2, -0.15) is 0 Å². The summed E-state index contributed by atoms with van der Waals surface area (Å²) in [5.74, 6) is 0.135. The van der Waals surface area contributed by atoms with Crippen molar-refractivity contribution in [2.45, 2.75) is 45.7 Å². The molecule has 0 radical (unpaired) electrons. The van der Waals surface area contributed by atoms with Gasteiger partial charge in [-0.1, -0.05) is 11.6 Å². The molecule has 2 aliphatic rings. The van der Waals surface area contributed by atoms with Crippen LogP contribution in [0.5, 0.6) is 0 Å². The van der Waals surface area contributed by atoms with Gasteiger partial charge in [-0.15, -0.1) is 0 Å². The molecular formula is C22H28N4O2. The van der Waals surface area contributed by atoms with Gasteiger partial charge in [0.25, 0.3) is 5.91 Å². The molecule has 2 aromatic rings. The van der Waals surface area contributed by atoms with Crippen molar-refractivity contribution in [2.75, 3.05) is 26.2 Å². The Labute approximate surface area is 165 Å². The zero-order valence-corrected chi connectivity index (χ0v) is 16.9. The summed E-state index contributed by atoms with van der Waals surface area (Å²) in [5.41, 5.74) is 3.51. The van der Waals surface area contributed by atoms with E-state index in [1.54, 1.807) is 0 Å². The highest BCUT2D eigenvalue weighted by Crippen LogP contribution is 2.21. The van der Waals surface area contributed by atoms with E-state index >= 15 is 0 Å². The van der Waals surface area contributed by atoms with E-state index in [4.69, 9.17) is 0 Å². The Balaban J connectivity index is 1.43. The molecule has 0 spiro atoms. The summed E-state index contributed by atoms with van der Waals surface area (Å²) in [7, 11) is 0. The molecule has 4 rings (SSSR count). The first-order valence-corrected chi connectivity index (χ1v) is 10.1. The minimum Gasteiger partial charge on any atom is -0.352 e. The Bertz CT molecular complexity index is 914. The number of benzene rings is 1. The summed E-state index contributed by atoms with van der Waals surface area (Å²) in [5, 5.41) is 4.07. The number of carbonyl (C=O) groups is 2. The van der Waals surface area contributed by atoms with Crippen LogP contribution < -0.4 is 5.32 Å². The Morgan fingerprint density at radius 2 is 1.82 bits per heavy atom. The molecule has 28 heavy (non-hydrogen) atoms. The lowest BCUT2D eigenvalue weighted by Gasteiger charge is -2.37. The molecule has 1 aliphatic carbocycles. The van der Waals surface area contributed by atoms with Crippen LogP contribution in [0.3, 0.4) is 0 Å². The van der Waals surface area contributed by atoms with E-state index in [1.807, 2.05) is 43.9 Å². The van der Waals surface area contributed by atoms with Crippen molar-refractivity contribution in [2.24, 2.45) is 0 Å². The third kappa shape index (κ3) is 3.87. The summed E-state index contributed by atoms with van der Waals surface area (Å²) in [6.07, 6.45) is 2.19. The van der Waals surface area contributed by atoms with E-state index in [0.29, 0.717) is 37.8 Å². The third-order valence-electron chi connectivity index (χ3n) is 5.84. The van der Waals surface area contributed by atoms with Gasteiger partial charge in [-0.05, 0) is 51.8 Å². The molecule has 6 heteroatoms. The van der Waals surface area contributed by atoms with E-state index in [1.165, 1.54) is 0 Å². The molecule has 1 N–H and O–H groups in total. The van der Waals surface area contributed by atoms with E-state index in [-0.39, 0.29) is 17.9 Å². The average molecular weight is 380 g/mol. The molecule has 1 atom stereocenters. The Hall–Kier alpha value is -2.47. The number of fused-ring (bicyclic) bond motifs is 1. The van der Waals surface area contributed by atoms with Crippen LogP contribution >= 0.6 is 0 Å². The molecule has 1 aromatic heterocycles. The highest BCUT2D eigenvalue weighted by molar-refractivity contribution is 5.98. The lowest BCUT2D eigenvalue weighted by Crippen LogP contribution is -2.55. The zero-order valence-electron chi connectivity index (χ0n) is 16.9. The van der Waals surface area contributed by atoms with E-state index in [0.717, 1.165) is 35.0 Å². The number of carbonyl (C=O) groups excluding carboxylic acids is 2. The quantitative estimate of drug-likeness (QED) is 0.884. The maximum absolute atomic E-state index is 13.1. The molecule has 2 heterocycles. The lowest BCUT2D eigenvalue weighted by molar-refractivity contribution is -0.126. The second-order valence-electron chi connectivity index (χ2n) is 8.10. The fraction of sp³-hybridized carbons (Fsp3) is 0.500. The minimum absolute atomic E-state index is 0.0307. The fourth-order valence-electron chi connectivity index (χ4n) is 3.81. The number of rotatable bonds is 4. The normalized spacial score (nSPS) is 18.9. The number of aryl methyl sites for hydroxylation is 2. The smallest absolute Gasteiger partial charge is 0.255 e. The molecule has 6 nitrogen and oxygen atoms in total. The van der Waals surface area contributed by atoms with Gasteiger partial charge in [-0.3, -0.25) is 19.5 Å². The van der Waals surface area contributed by atoms with E-state index in [9.17, 15) is 9.59 Å². The molecule has 2 fully saturated rings. The number of hydrogen-bond acceptors (Lipinski definition) is 4. The van der Waals surface area contributed by atoms with Crippen LogP contribution in [0.25, 0.3) is 10.9 Å². The van der Waals surface area contributed by atoms with Gasteiger partial charge in [0.2, 0.25) is 5.91 Å². The number of hydrogen-bond donors (Lipinski definition) is 1. The van der Waals surface area contributed by atoms with Crippen molar-refractivity contribution < 1.29 is 9.59 Å². The summed E-state index contributed by atoms with van der Waals surface area (Å²) in [6, 6.07) is 8.30. The summed E-state index contributed by atoms with van der Waals surface area (Å²) >= 11 is 0. The van der Waals surface area contributed by atoms with Crippen LogP contribution in [-0.2, 0) is 4.79 Å². The third-order valence-corrected chi connectivity index (χ3v) is 5.84. The van der Waals surface area contributed by atoms with Crippen molar-refractivity contribution in [3.05, 3.63) is 41.1 Å². The Morgan fingerprint density at radius 1 is 1.11 bits per heavy atom. The SMILES string of the molecule is Cc1ccc2nc(C)c(C(=O)N3CCN(C(C)C(=O)NC4CC4)CC3)cc2c1. The van der Waals surface area contributed by atoms with Crippen molar-refractivity contribution in [3.8, 4) is 0 Å². The van der Waals surface area contributed by atoms with Crippen molar-refractivity contribution in [1.82, 2.24) is 20.1 Å². The molecule has 148 valence electrons. The van der Waals surface area contributed by atoms with Gasteiger partial charge in [0, 0.05) is 37.6 Å². The maximum atomic E-state index is 13.1. The standard InChI is InChI=1S/C22H28N4O2/c1-14-4-7-20-17(12-14)13-19(15(2)23-20)22(28)26-10-8-25(9-11-26)16(3)21(27)24-18-5-6-18/h4,7,12-13,16,18H,5-6,8-11H2,1-3H3,(H,24,27). The van der Waals surface area contributed by atoms with Crippen LogP contribution in [0, 0.1) is 13.8 Å². The predicted octanol–water partition coefficient (Wildman–Crippen LogP) is 2.28. The summed E-state index contributed by atoms with van der Waals surface area (Å²) in [6.45, 7) is 8.58. The molecule has 2 amide bonds. The number of piperazine rings is 1. The Kier molecular flexibility index (Phi) is 5.06. The number of aromatic nitrogens is 1. The molecular weight excluding hydrogens is 352 g/mol. The lowest BCUT2D eigenvalue weighted by atomic mass is 10.1. The second kappa shape index (κ2) is 7.51. The van der Waals surface area contributed by atoms with Crippen LogP contribution in [0.4, 0.5) is 0 Å².